The van der Waals surface area contributed by atoms with Gasteiger partial charge >= 0.3 is 5.97 Å². The minimum Gasteiger partial charge on any atom is -0.497 e. The average molecular weight is 355 g/mol. The number of hydrogen-bond donors (Lipinski definition) is 1. The van der Waals surface area contributed by atoms with E-state index < -0.39 is 5.97 Å². The number of hydrogen-bond acceptors (Lipinski definition) is 5. The second-order valence-corrected chi connectivity index (χ2v) is 5.47. The van der Waals surface area contributed by atoms with Gasteiger partial charge in [0.1, 0.15) is 5.75 Å². The molecule has 0 unspecified atom stereocenters. The van der Waals surface area contributed by atoms with Gasteiger partial charge in [0, 0.05) is 17.3 Å². The number of nitrogens with zero attached hydrogens (tertiary/aromatic N) is 1. The van der Waals surface area contributed by atoms with Crippen molar-refractivity contribution in [1.29, 1.82) is 0 Å². The monoisotopic (exact) mass is 355 g/mol. The summed E-state index contributed by atoms with van der Waals surface area (Å²) < 4.78 is 16.9. The molecule has 0 amide bonds. The van der Waals surface area contributed by atoms with Gasteiger partial charge in [-0.1, -0.05) is 0 Å². The van der Waals surface area contributed by atoms with E-state index >= 15 is 0 Å². The maximum absolute atomic E-state index is 13.0. The van der Waals surface area contributed by atoms with E-state index in [-0.39, 0.29) is 21.9 Å². The van der Waals surface area contributed by atoms with Gasteiger partial charge in [-0.3, -0.25) is 9.36 Å². The van der Waals surface area contributed by atoms with Crippen molar-refractivity contribution in [1.82, 2.24) is 4.57 Å². The van der Waals surface area contributed by atoms with Crippen LogP contribution in [0.2, 0.25) is 0 Å². The van der Waals surface area contributed by atoms with Gasteiger partial charge in [0.2, 0.25) is 0 Å². The molecule has 0 atom stereocenters. The Morgan fingerprint density at radius 1 is 0.923 bits per heavy atom. The normalized spacial score (nSPS) is 10.6. The maximum atomic E-state index is 13.0. The molecule has 0 aliphatic carbocycles. The fourth-order valence-electron chi connectivity index (χ4n) is 2.77. The summed E-state index contributed by atoms with van der Waals surface area (Å²) in [6.07, 6.45) is 1.31. The second kappa shape index (κ2) is 6.79. The zero-order valence-corrected chi connectivity index (χ0v) is 14.5. The number of pyridine rings is 1. The fraction of sp³-hybridized carbons (Fsp3) is 0.158. The highest BCUT2D eigenvalue weighted by molar-refractivity contribution is 6.04. The van der Waals surface area contributed by atoms with Crippen molar-refractivity contribution in [2.75, 3.05) is 21.3 Å². The molecule has 1 aromatic heterocycles. The largest absolute Gasteiger partial charge is 0.497 e. The smallest absolute Gasteiger partial charge is 0.337 e. The Balaban J connectivity index is 2.36. The number of rotatable bonds is 5. The summed E-state index contributed by atoms with van der Waals surface area (Å²) in [6.45, 7) is 0. The summed E-state index contributed by atoms with van der Waals surface area (Å²) in [5.41, 5.74) is 0.141. The summed E-state index contributed by atoms with van der Waals surface area (Å²) >= 11 is 0. The standard InChI is InChI=1S/C19H17NO6/c1-24-12-6-4-11(5-7-12)20-10-15(19(22)23)13-8-16(25-2)17(26-3)9-14(13)18(20)21/h4-10H,1-3H3,(H,22,23). The number of benzene rings is 2. The number of methoxy groups -OCH3 is 3. The predicted molar refractivity (Wildman–Crippen MR) is 96.2 cm³/mol. The maximum Gasteiger partial charge on any atom is 0.337 e. The van der Waals surface area contributed by atoms with E-state index in [2.05, 4.69) is 0 Å². The highest BCUT2D eigenvalue weighted by Gasteiger charge is 2.18. The van der Waals surface area contributed by atoms with Crippen molar-refractivity contribution in [2.45, 2.75) is 0 Å². The van der Waals surface area contributed by atoms with E-state index in [9.17, 15) is 14.7 Å². The third kappa shape index (κ3) is 2.83. The molecular weight excluding hydrogens is 338 g/mol. The van der Waals surface area contributed by atoms with Gasteiger partial charge in [-0.25, -0.2) is 4.79 Å². The molecule has 3 rings (SSSR count). The molecule has 0 aliphatic heterocycles. The zero-order valence-electron chi connectivity index (χ0n) is 14.5. The third-order valence-electron chi connectivity index (χ3n) is 4.10. The molecule has 3 aromatic rings. The fourth-order valence-corrected chi connectivity index (χ4v) is 2.77. The number of carboxylic acids is 1. The Labute approximate surface area is 149 Å². The van der Waals surface area contributed by atoms with Crippen molar-refractivity contribution < 1.29 is 24.1 Å². The number of carbonyl (C=O) groups is 1. The lowest BCUT2D eigenvalue weighted by atomic mass is 10.1. The summed E-state index contributed by atoms with van der Waals surface area (Å²) in [7, 11) is 4.44. The molecule has 7 nitrogen and oxygen atoms in total. The van der Waals surface area contributed by atoms with E-state index in [4.69, 9.17) is 14.2 Å². The van der Waals surface area contributed by atoms with Gasteiger partial charge in [-0.05, 0) is 36.4 Å². The van der Waals surface area contributed by atoms with Gasteiger partial charge in [0.25, 0.3) is 5.56 Å². The van der Waals surface area contributed by atoms with Crippen LogP contribution in [0.4, 0.5) is 0 Å². The number of aromatic carboxylic acids is 1. The van der Waals surface area contributed by atoms with Crippen LogP contribution in [0.5, 0.6) is 17.2 Å². The Hall–Kier alpha value is -3.48. The lowest BCUT2D eigenvalue weighted by Gasteiger charge is -2.13. The topological polar surface area (TPSA) is 87.0 Å². The molecule has 1 heterocycles. The van der Waals surface area contributed by atoms with Gasteiger partial charge in [-0.15, -0.1) is 0 Å². The van der Waals surface area contributed by atoms with Crippen LogP contribution in [0.1, 0.15) is 10.4 Å². The molecule has 134 valence electrons. The van der Waals surface area contributed by atoms with E-state index in [1.165, 1.54) is 37.1 Å². The third-order valence-corrected chi connectivity index (χ3v) is 4.10. The van der Waals surface area contributed by atoms with Gasteiger partial charge in [-0.2, -0.15) is 0 Å². The van der Waals surface area contributed by atoms with Crippen LogP contribution in [-0.2, 0) is 0 Å². The van der Waals surface area contributed by atoms with E-state index in [0.717, 1.165) is 0 Å². The number of ether oxygens (including phenoxy) is 3. The quantitative estimate of drug-likeness (QED) is 0.757. The predicted octanol–water partition coefficient (Wildman–Crippen LogP) is 2.71. The Kier molecular flexibility index (Phi) is 4.53. The number of fused-ring (bicyclic) bond motifs is 1. The number of aromatic nitrogens is 1. The van der Waals surface area contributed by atoms with Crippen LogP contribution in [0, 0.1) is 0 Å². The molecule has 0 fully saturated rings. The summed E-state index contributed by atoms with van der Waals surface area (Å²) in [6, 6.07) is 9.74. The molecule has 0 saturated carbocycles. The van der Waals surface area contributed by atoms with Crippen LogP contribution in [-0.4, -0.2) is 37.0 Å². The summed E-state index contributed by atoms with van der Waals surface area (Å²) in [5.74, 6) is 0.182. The SMILES string of the molecule is COc1ccc(-n2cc(C(=O)O)c3cc(OC)c(OC)cc3c2=O)cc1. The first-order valence-corrected chi connectivity index (χ1v) is 7.69. The molecule has 0 aliphatic rings. The lowest BCUT2D eigenvalue weighted by Crippen LogP contribution is -2.20. The number of carboxylic acid groups (broad SMARTS) is 1. The average Bonchev–Trinajstić information content (AvgIpc) is 2.67. The minimum absolute atomic E-state index is 0.0172. The van der Waals surface area contributed by atoms with E-state index in [1.807, 2.05) is 0 Å². The molecule has 0 spiro atoms. The van der Waals surface area contributed by atoms with Crippen molar-refractivity contribution >= 4 is 16.7 Å². The van der Waals surface area contributed by atoms with Crippen molar-refractivity contribution in [3.8, 4) is 22.9 Å². The van der Waals surface area contributed by atoms with E-state index in [0.29, 0.717) is 22.9 Å². The van der Waals surface area contributed by atoms with Crippen LogP contribution >= 0.6 is 0 Å². The summed E-state index contributed by atoms with van der Waals surface area (Å²) in [5, 5.41) is 10.1. The lowest BCUT2D eigenvalue weighted by molar-refractivity contribution is 0.0698. The Morgan fingerprint density at radius 2 is 1.50 bits per heavy atom. The zero-order chi connectivity index (χ0) is 18.8. The summed E-state index contributed by atoms with van der Waals surface area (Å²) in [4.78, 5) is 24.7. The molecule has 0 bridgehead atoms. The van der Waals surface area contributed by atoms with Crippen LogP contribution in [0.15, 0.2) is 47.4 Å². The van der Waals surface area contributed by atoms with Crippen LogP contribution < -0.4 is 19.8 Å². The second-order valence-electron chi connectivity index (χ2n) is 5.47. The molecule has 2 aromatic carbocycles. The highest BCUT2D eigenvalue weighted by atomic mass is 16.5. The first-order valence-electron chi connectivity index (χ1n) is 7.69. The first-order chi connectivity index (χ1) is 12.5. The highest BCUT2D eigenvalue weighted by Crippen LogP contribution is 2.32. The molecule has 0 saturated heterocycles. The molecule has 0 radical (unpaired) electrons. The van der Waals surface area contributed by atoms with Crippen molar-refractivity contribution in [2.24, 2.45) is 0 Å². The Morgan fingerprint density at radius 3 is 2.00 bits per heavy atom. The Bertz CT molecular complexity index is 1040. The van der Waals surface area contributed by atoms with Gasteiger partial charge in [0.05, 0.1) is 32.3 Å². The van der Waals surface area contributed by atoms with Crippen LogP contribution in [0.3, 0.4) is 0 Å². The molecule has 7 heteroatoms. The van der Waals surface area contributed by atoms with Crippen LogP contribution in [0.25, 0.3) is 16.5 Å². The van der Waals surface area contributed by atoms with E-state index in [1.54, 1.807) is 31.4 Å². The van der Waals surface area contributed by atoms with Gasteiger partial charge in [0.15, 0.2) is 11.5 Å². The minimum atomic E-state index is -1.15. The first kappa shape index (κ1) is 17.3. The van der Waals surface area contributed by atoms with Crippen molar-refractivity contribution in [3.05, 3.63) is 58.5 Å². The molecule has 26 heavy (non-hydrogen) atoms. The van der Waals surface area contributed by atoms with Crippen molar-refractivity contribution in [3.63, 3.8) is 0 Å². The molecular formula is C19H17NO6. The van der Waals surface area contributed by atoms with Gasteiger partial charge < -0.3 is 19.3 Å². The molecule has 1 N–H and O–H groups in total.